The molecule has 3 heteroatoms. The van der Waals surface area contributed by atoms with Crippen molar-refractivity contribution in [1.29, 1.82) is 0 Å². The summed E-state index contributed by atoms with van der Waals surface area (Å²) in [4.78, 5) is 39.7. The van der Waals surface area contributed by atoms with Gasteiger partial charge in [-0.05, 0) is 24.6 Å². The molecule has 0 saturated carbocycles. The molecule has 0 aliphatic rings. The van der Waals surface area contributed by atoms with E-state index < -0.39 is 0 Å². The van der Waals surface area contributed by atoms with Gasteiger partial charge in [0.1, 0.15) is 0 Å². The van der Waals surface area contributed by atoms with Gasteiger partial charge in [-0.3, -0.25) is 14.4 Å². The Hall–Kier alpha value is -4.11. The van der Waals surface area contributed by atoms with Crippen LogP contribution in [0.4, 0.5) is 0 Å². The molecule has 0 amide bonds. The van der Waals surface area contributed by atoms with E-state index in [0.29, 0.717) is 38.9 Å². The summed E-state index contributed by atoms with van der Waals surface area (Å²) in [7, 11) is 0. The molecule has 3 nitrogen and oxygen atoms in total. The second-order valence-corrected chi connectivity index (χ2v) is 7.28. The van der Waals surface area contributed by atoms with Gasteiger partial charge < -0.3 is 0 Å². The summed E-state index contributed by atoms with van der Waals surface area (Å²) in [6, 6.07) is 29.8. The molecule has 0 spiro atoms. The van der Waals surface area contributed by atoms with Crippen molar-refractivity contribution in [1.82, 2.24) is 0 Å². The average Bonchev–Trinajstić information content (AvgIpc) is 2.84. The molecule has 0 unspecified atom stereocenters. The topological polar surface area (TPSA) is 51.2 Å². The van der Waals surface area contributed by atoms with Crippen LogP contribution in [0.25, 0.3) is 0 Å². The van der Waals surface area contributed by atoms with Crippen LogP contribution in [0.15, 0.2) is 103 Å². The molecule has 0 aliphatic heterocycles. The third-order valence-electron chi connectivity index (χ3n) is 5.27. The molecular formula is C28H20O3. The van der Waals surface area contributed by atoms with Gasteiger partial charge in [0.25, 0.3) is 0 Å². The molecule has 4 aromatic carbocycles. The number of carbonyl (C=O) groups is 3. The van der Waals surface area contributed by atoms with Crippen molar-refractivity contribution >= 4 is 17.3 Å². The lowest BCUT2D eigenvalue weighted by Gasteiger charge is -2.14. The minimum Gasteiger partial charge on any atom is -0.289 e. The maximum Gasteiger partial charge on any atom is 0.193 e. The van der Waals surface area contributed by atoms with Gasteiger partial charge in [-0.15, -0.1) is 0 Å². The van der Waals surface area contributed by atoms with Crippen molar-refractivity contribution in [2.24, 2.45) is 0 Å². The van der Waals surface area contributed by atoms with E-state index in [4.69, 9.17) is 0 Å². The maximum atomic E-state index is 13.3. The minimum atomic E-state index is -0.232. The van der Waals surface area contributed by atoms with Gasteiger partial charge in [0, 0.05) is 33.4 Å². The van der Waals surface area contributed by atoms with E-state index in [-0.39, 0.29) is 17.3 Å². The number of hydrogen-bond donors (Lipinski definition) is 0. The first kappa shape index (κ1) is 20.2. The molecule has 0 radical (unpaired) electrons. The average molecular weight is 404 g/mol. The van der Waals surface area contributed by atoms with Crippen LogP contribution in [-0.4, -0.2) is 17.3 Å². The Labute approximate surface area is 181 Å². The zero-order valence-corrected chi connectivity index (χ0v) is 17.0. The van der Waals surface area contributed by atoms with Gasteiger partial charge in [0.2, 0.25) is 0 Å². The van der Waals surface area contributed by atoms with Crippen molar-refractivity contribution < 1.29 is 14.4 Å². The number of carbonyl (C=O) groups excluding carboxylic acids is 3. The number of benzene rings is 4. The Kier molecular flexibility index (Phi) is 5.67. The largest absolute Gasteiger partial charge is 0.289 e. The summed E-state index contributed by atoms with van der Waals surface area (Å²) in [6.07, 6.45) is 0. The van der Waals surface area contributed by atoms with Crippen molar-refractivity contribution in [3.8, 4) is 0 Å². The van der Waals surface area contributed by atoms with Crippen LogP contribution in [0, 0.1) is 6.92 Å². The van der Waals surface area contributed by atoms with Gasteiger partial charge in [0.05, 0.1) is 0 Å². The molecule has 4 rings (SSSR count). The van der Waals surface area contributed by atoms with E-state index in [9.17, 15) is 14.4 Å². The van der Waals surface area contributed by atoms with Gasteiger partial charge in [0.15, 0.2) is 17.3 Å². The summed E-state index contributed by atoms with van der Waals surface area (Å²) in [5, 5.41) is 0. The first-order valence-electron chi connectivity index (χ1n) is 10.00. The highest BCUT2D eigenvalue weighted by atomic mass is 16.1. The highest BCUT2D eigenvalue weighted by molar-refractivity contribution is 6.18. The number of ketones is 3. The fraction of sp³-hybridized carbons (Fsp3) is 0.0357. The molecule has 150 valence electrons. The highest BCUT2D eigenvalue weighted by Crippen LogP contribution is 2.24. The van der Waals surface area contributed by atoms with Gasteiger partial charge in [-0.25, -0.2) is 0 Å². The summed E-state index contributed by atoms with van der Waals surface area (Å²) >= 11 is 0. The zero-order chi connectivity index (χ0) is 21.8. The van der Waals surface area contributed by atoms with Crippen molar-refractivity contribution in [3.63, 3.8) is 0 Å². The summed E-state index contributed by atoms with van der Waals surface area (Å²) < 4.78 is 0. The van der Waals surface area contributed by atoms with E-state index in [1.54, 1.807) is 91.9 Å². The molecule has 0 fully saturated rings. The highest BCUT2D eigenvalue weighted by Gasteiger charge is 2.22. The lowest BCUT2D eigenvalue weighted by Crippen LogP contribution is -2.13. The first-order valence-corrected chi connectivity index (χ1v) is 10.00. The molecular weight excluding hydrogens is 384 g/mol. The SMILES string of the molecule is Cc1c(C(=O)c2ccccc2)cc(C(=O)c2ccccc2)cc1C(=O)c1ccccc1. The van der Waals surface area contributed by atoms with Crippen LogP contribution in [0.5, 0.6) is 0 Å². The smallest absolute Gasteiger partial charge is 0.193 e. The predicted octanol–water partition coefficient (Wildman–Crippen LogP) is 5.69. The van der Waals surface area contributed by atoms with Crippen LogP contribution in [0.3, 0.4) is 0 Å². The zero-order valence-electron chi connectivity index (χ0n) is 17.0. The molecule has 0 saturated heterocycles. The Morgan fingerprint density at radius 3 is 1.13 bits per heavy atom. The Morgan fingerprint density at radius 1 is 0.452 bits per heavy atom. The Morgan fingerprint density at radius 2 is 0.774 bits per heavy atom. The van der Waals surface area contributed by atoms with Crippen molar-refractivity contribution in [2.75, 3.05) is 0 Å². The third-order valence-corrected chi connectivity index (χ3v) is 5.27. The van der Waals surface area contributed by atoms with Crippen molar-refractivity contribution in [3.05, 3.63) is 142 Å². The molecule has 0 aromatic heterocycles. The van der Waals surface area contributed by atoms with Gasteiger partial charge in [-0.2, -0.15) is 0 Å². The van der Waals surface area contributed by atoms with E-state index in [2.05, 4.69) is 0 Å². The monoisotopic (exact) mass is 404 g/mol. The molecule has 0 aliphatic carbocycles. The summed E-state index contributed by atoms with van der Waals surface area (Å²) in [5.41, 5.74) is 3.10. The van der Waals surface area contributed by atoms with E-state index in [1.165, 1.54) is 0 Å². The minimum absolute atomic E-state index is 0.220. The second kappa shape index (κ2) is 8.72. The van der Waals surface area contributed by atoms with E-state index in [1.807, 2.05) is 18.2 Å². The molecule has 4 aromatic rings. The van der Waals surface area contributed by atoms with E-state index >= 15 is 0 Å². The molecule has 0 bridgehead atoms. The lowest BCUT2D eigenvalue weighted by molar-refractivity contribution is 0.103. The number of rotatable bonds is 6. The summed E-state index contributed by atoms with van der Waals surface area (Å²) in [5.74, 6) is -0.671. The number of hydrogen-bond acceptors (Lipinski definition) is 3. The Balaban J connectivity index is 1.89. The van der Waals surface area contributed by atoms with E-state index in [0.717, 1.165) is 0 Å². The van der Waals surface area contributed by atoms with Gasteiger partial charge in [-0.1, -0.05) is 91.0 Å². The first-order chi connectivity index (χ1) is 15.1. The standard InChI is InChI=1S/C28H20O3/c1-19-24(27(30)21-13-7-3-8-14-21)17-23(26(29)20-11-5-2-6-12-20)18-25(19)28(31)22-15-9-4-10-16-22/h2-18H,1H3. The van der Waals surface area contributed by atoms with Crippen molar-refractivity contribution in [2.45, 2.75) is 6.92 Å². The quantitative estimate of drug-likeness (QED) is 0.388. The molecule has 0 N–H and O–H groups in total. The molecule has 0 heterocycles. The van der Waals surface area contributed by atoms with Crippen LogP contribution >= 0.6 is 0 Å². The fourth-order valence-corrected chi connectivity index (χ4v) is 3.56. The predicted molar refractivity (Wildman–Crippen MR) is 121 cm³/mol. The molecule has 31 heavy (non-hydrogen) atoms. The maximum absolute atomic E-state index is 13.3. The lowest BCUT2D eigenvalue weighted by atomic mass is 9.88. The Bertz CT molecular complexity index is 1190. The molecule has 0 atom stereocenters. The summed E-state index contributed by atoms with van der Waals surface area (Å²) in [6.45, 7) is 1.75. The van der Waals surface area contributed by atoms with Crippen LogP contribution in [0.2, 0.25) is 0 Å². The third kappa shape index (κ3) is 4.12. The second-order valence-electron chi connectivity index (χ2n) is 7.28. The van der Waals surface area contributed by atoms with Gasteiger partial charge >= 0.3 is 0 Å². The fourth-order valence-electron chi connectivity index (χ4n) is 3.56. The van der Waals surface area contributed by atoms with Crippen LogP contribution in [-0.2, 0) is 0 Å². The van der Waals surface area contributed by atoms with Crippen LogP contribution < -0.4 is 0 Å². The van der Waals surface area contributed by atoms with Crippen LogP contribution in [0.1, 0.15) is 53.3 Å². The normalized spacial score (nSPS) is 10.5.